The standard InChI is InChI=1S/C47H29N7/c1-5-16-30(17-6-1)43-50-44(31-18-7-2-8-19-31)52-45(51-43)35-25-14-28-38-40(35)34-24-13-26-36-41(34)54(47(48-36)33-22-11-4-12-23-33)39-29-15-27-37-42(39)53(38)46(49-37)32-20-9-3-10-21-32/h1-29H. The fourth-order valence-electron chi connectivity index (χ4n) is 7.77. The van der Waals surface area contributed by atoms with Crippen LogP contribution in [0.1, 0.15) is 0 Å². The molecule has 0 saturated carbocycles. The zero-order chi connectivity index (χ0) is 35.6. The van der Waals surface area contributed by atoms with Crippen LogP contribution in [-0.2, 0) is 0 Å². The van der Waals surface area contributed by atoms with Crippen LogP contribution in [0.2, 0.25) is 0 Å². The van der Waals surface area contributed by atoms with Gasteiger partial charge in [0.2, 0.25) is 0 Å². The molecule has 7 aromatic carbocycles. The summed E-state index contributed by atoms with van der Waals surface area (Å²) in [5, 5.41) is 2.00. The molecule has 0 aliphatic heterocycles. The number of aromatic nitrogens is 7. The van der Waals surface area contributed by atoms with Crippen molar-refractivity contribution >= 4 is 43.9 Å². The maximum Gasteiger partial charge on any atom is 0.164 e. The molecule has 0 amide bonds. The summed E-state index contributed by atoms with van der Waals surface area (Å²) in [6.45, 7) is 0. The number of hydrogen-bond donors (Lipinski definition) is 0. The van der Waals surface area contributed by atoms with Gasteiger partial charge in [-0.2, -0.15) is 0 Å². The van der Waals surface area contributed by atoms with Gasteiger partial charge in [-0.25, -0.2) is 24.9 Å². The molecule has 11 rings (SSSR count). The van der Waals surface area contributed by atoms with Crippen molar-refractivity contribution in [2.75, 3.05) is 0 Å². The number of rotatable bonds is 5. The molecule has 0 N–H and O–H groups in total. The van der Waals surface area contributed by atoms with E-state index in [1.54, 1.807) is 0 Å². The number of benzene rings is 7. The molecular weight excluding hydrogens is 663 g/mol. The Balaban J connectivity index is 1.37. The largest absolute Gasteiger partial charge is 0.290 e. The average Bonchev–Trinajstić information content (AvgIpc) is 3.84. The fraction of sp³-hybridized carbons (Fsp3) is 0. The molecule has 252 valence electrons. The second-order valence-corrected chi connectivity index (χ2v) is 13.3. The Kier molecular flexibility index (Phi) is 6.72. The van der Waals surface area contributed by atoms with Gasteiger partial charge >= 0.3 is 0 Å². The Bertz CT molecular complexity index is 3130. The third kappa shape index (κ3) is 4.65. The number of imidazole rings is 2. The van der Waals surface area contributed by atoms with E-state index in [0.29, 0.717) is 17.5 Å². The number of nitrogens with zero attached hydrogens (tertiary/aromatic N) is 7. The van der Waals surface area contributed by atoms with Gasteiger partial charge in [-0.3, -0.25) is 8.80 Å². The third-order valence-electron chi connectivity index (χ3n) is 10.1. The molecule has 0 unspecified atom stereocenters. The van der Waals surface area contributed by atoms with Gasteiger partial charge in [0, 0.05) is 38.6 Å². The van der Waals surface area contributed by atoms with Crippen molar-refractivity contribution in [1.29, 1.82) is 0 Å². The second-order valence-electron chi connectivity index (χ2n) is 13.3. The Labute approximate surface area is 309 Å². The summed E-state index contributed by atoms with van der Waals surface area (Å²) in [5.41, 5.74) is 10.5. The first-order chi connectivity index (χ1) is 26.8. The molecular formula is C47H29N7. The van der Waals surface area contributed by atoms with E-state index in [1.807, 2.05) is 72.8 Å². The molecule has 4 aromatic heterocycles. The molecule has 0 fully saturated rings. The summed E-state index contributed by atoms with van der Waals surface area (Å²) in [6.07, 6.45) is 0. The van der Waals surface area contributed by atoms with Crippen molar-refractivity contribution in [2.45, 2.75) is 0 Å². The molecule has 7 heteroatoms. The van der Waals surface area contributed by atoms with Crippen LogP contribution in [0.15, 0.2) is 176 Å². The summed E-state index contributed by atoms with van der Waals surface area (Å²) in [7, 11) is 0. The minimum absolute atomic E-state index is 0.581. The van der Waals surface area contributed by atoms with Crippen molar-refractivity contribution in [2.24, 2.45) is 0 Å². The van der Waals surface area contributed by atoms with Crippen LogP contribution in [0.5, 0.6) is 0 Å². The van der Waals surface area contributed by atoms with Crippen molar-refractivity contribution in [3.05, 3.63) is 176 Å². The quantitative estimate of drug-likeness (QED) is 0.180. The second kappa shape index (κ2) is 12.0. The van der Waals surface area contributed by atoms with Gasteiger partial charge in [0.15, 0.2) is 17.5 Å². The minimum atomic E-state index is 0.581. The van der Waals surface area contributed by atoms with Gasteiger partial charge in [-0.15, -0.1) is 0 Å². The van der Waals surface area contributed by atoms with Crippen LogP contribution >= 0.6 is 0 Å². The van der Waals surface area contributed by atoms with E-state index in [1.165, 1.54) is 0 Å². The molecule has 0 atom stereocenters. The molecule has 0 bridgehead atoms. The summed E-state index contributed by atoms with van der Waals surface area (Å²) in [4.78, 5) is 26.2. The van der Waals surface area contributed by atoms with E-state index in [-0.39, 0.29) is 0 Å². The maximum atomic E-state index is 5.35. The monoisotopic (exact) mass is 691 g/mol. The summed E-state index contributed by atoms with van der Waals surface area (Å²) >= 11 is 0. The lowest BCUT2D eigenvalue weighted by Gasteiger charge is -2.14. The van der Waals surface area contributed by atoms with Crippen LogP contribution < -0.4 is 0 Å². The van der Waals surface area contributed by atoms with E-state index in [2.05, 4.69) is 112 Å². The molecule has 0 aliphatic carbocycles. The summed E-state index contributed by atoms with van der Waals surface area (Å²) in [5.74, 6) is 3.51. The Morgan fingerprint density at radius 3 is 1.33 bits per heavy atom. The first kappa shape index (κ1) is 30.1. The lowest BCUT2D eigenvalue weighted by Crippen LogP contribution is -2.02. The molecule has 0 aliphatic rings. The summed E-state index contributed by atoms with van der Waals surface area (Å²) in [6, 6.07) is 60.2. The third-order valence-corrected chi connectivity index (χ3v) is 10.1. The van der Waals surface area contributed by atoms with Gasteiger partial charge < -0.3 is 0 Å². The highest BCUT2D eigenvalue weighted by atomic mass is 15.1. The molecule has 0 spiro atoms. The van der Waals surface area contributed by atoms with Gasteiger partial charge in [-0.1, -0.05) is 152 Å². The van der Waals surface area contributed by atoms with Crippen molar-refractivity contribution in [3.8, 4) is 56.9 Å². The van der Waals surface area contributed by atoms with Crippen molar-refractivity contribution in [3.63, 3.8) is 0 Å². The Morgan fingerprint density at radius 2 is 0.759 bits per heavy atom. The molecule has 54 heavy (non-hydrogen) atoms. The molecule has 11 aromatic rings. The normalized spacial score (nSPS) is 11.7. The fourth-order valence-corrected chi connectivity index (χ4v) is 7.77. The maximum absolute atomic E-state index is 5.35. The van der Waals surface area contributed by atoms with Crippen LogP contribution in [0.3, 0.4) is 0 Å². The van der Waals surface area contributed by atoms with Crippen LogP contribution in [-0.4, -0.2) is 33.7 Å². The molecule has 7 nitrogen and oxygen atoms in total. The lowest BCUT2D eigenvalue weighted by atomic mass is 10.0. The highest BCUT2D eigenvalue weighted by molar-refractivity contribution is 6.17. The van der Waals surface area contributed by atoms with Crippen LogP contribution in [0.4, 0.5) is 0 Å². The van der Waals surface area contributed by atoms with Gasteiger partial charge in [0.05, 0.1) is 33.1 Å². The number of para-hydroxylation sites is 2. The zero-order valence-electron chi connectivity index (χ0n) is 28.9. The highest BCUT2D eigenvalue weighted by Crippen LogP contribution is 2.40. The Hall–Kier alpha value is -7.51. The van der Waals surface area contributed by atoms with E-state index in [9.17, 15) is 0 Å². The number of fused-ring (bicyclic) bond motifs is 4. The van der Waals surface area contributed by atoms with Gasteiger partial charge in [-0.05, 0) is 24.3 Å². The Morgan fingerprint density at radius 1 is 0.315 bits per heavy atom. The predicted molar refractivity (Wildman–Crippen MR) is 217 cm³/mol. The average molecular weight is 692 g/mol. The van der Waals surface area contributed by atoms with E-state index >= 15 is 0 Å². The van der Waals surface area contributed by atoms with Crippen LogP contribution in [0, 0.1) is 0 Å². The topological polar surface area (TPSA) is 73.3 Å². The van der Waals surface area contributed by atoms with E-state index in [0.717, 1.165) is 83.3 Å². The summed E-state index contributed by atoms with van der Waals surface area (Å²) < 4.78 is 4.62. The van der Waals surface area contributed by atoms with Crippen molar-refractivity contribution < 1.29 is 0 Å². The lowest BCUT2D eigenvalue weighted by molar-refractivity contribution is 1.08. The molecule has 4 heterocycles. The van der Waals surface area contributed by atoms with Gasteiger partial charge in [0.1, 0.15) is 11.6 Å². The zero-order valence-corrected chi connectivity index (χ0v) is 28.9. The van der Waals surface area contributed by atoms with E-state index < -0.39 is 0 Å². The predicted octanol–water partition coefficient (Wildman–Crippen LogP) is 11.0. The van der Waals surface area contributed by atoms with E-state index in [4.69, 9.17) is 24.9 Å². The van der Waals surface area contributed by atoms with Gasteiger partial charge in [0.25, 0.3) is 0 Å². The smallest absolute Gasteiger partial charge is 0.164 e. The SMILES string of the molecule is c1ccc(-c2nc(-c3ccccc3)nc(-c3cccc4c3c3cccc5nc(-c6ccccc6)n(c6cccc7nc(-c8ccccc8)n4c76)c53)n2)cc1. The minimum Gasteiger partial charge on any atom is -0.290 e. The first-order valence-electron chi connectivity index (χ1n) is 18.0. The van der Waals surface area contributed by atoms with Crippen LogP contribution in [0.25, 0.3) is 101 Å². The van der Waals surface area contributed by atoms with Crippen molar-refractivity contribution in [1.82, 2.24) is 33.7 Å². The molecule has 0 radical (unpaired) electrons. The number of hydrogen-bond acceptors (Lipinski definition) is 5. The molecule has 0 saturated heterocycles. The first-order valence-corrected chi connectivity index (χ1v) is 18.0. The highest BCUT2D eigenvalue weighted by Gasteiger charge is 2.23.